The van der Waals surface area contributed by atoms with Gasteiger partial charge in [-0.2, -0.15) is 0 Å². The summed E-state index contributed by atoms with van der Waals surface area (Å²) in [6.07, 6.45) is 5.30. The number of nitrogens with zero attached hydrogens (tertiary/aromatic N) is 2. The Balaban J connectivity index is 1.33. The minimum Gasteiger partial charge on any atom is -0.488 e. The predicted octanol–water partition coefficient (Wildman–Crippen LogP) is 0.184. The molecule has 1 aliphatic carbocycles. The molecular weight excluding hydrogens is 342 g/mol. The van der Waals surface area contributed by atoms with Gasteiger partial charge in [0.1, 0.15) is 17.5 Å². The van der Waals surface area contributed by atoms with Crippen LogP contribution >= 0.6 is 0 Å². The number of hydrogen-bond donors (Lipinski definition) is 3. The van der Waals surface area contributed by atoms with Crippen molar-refractivity contribution >= 4 is 26.7 Å². The van der Waals surface area contributed by atoms with Crippen molar-refractivity contribution in [2.24, 2.45) is 0 Å². The Bertz CT molecular complexity index is 902. The number of hydrogen-bond acceptors (Lipinski definition) is 6. The Morgan fingerprint density at radius 3 is 2.92 bits per heavy atom. The highest BCUT2D eigenvalue weighted by Crippen LogP contribution is 2.41. The molecule has 3 aliphatic rings. The van der Waals surface area contributed by atoms with Crippen molar-refractivity contribution in [2.45, 2.75) is 30.2 Å². The van der Waals surface area contributed by atoms with Crippen LogP contribution in [0.25, 0.3) is 11.0 Å². The molecule has 0 spiro atoms. The largest absolute Gasteiger partial charge is 0.488 e. The van der Waals surface area contributed by atoms with Crippen LogP contribution in [0.15, 0.2) is 18.5 Å². The van der Waals surface area contributed by atoms with Crippen LogP contribution in [0, 0.1) is 0 Å². The molecule has 25 heavy (non-hydrogen) atoms. The molecule has 0 bridgehead atoms. The molecule has 5 rings (SSSR count). The SMILES string of the molecule is O=S(=O)(N[C@H]1C[C@@H](N2CCOc3cnc4[nH]ccc4c32)C1)C1CNC1. The molecule has 4 heterocycles. The Morgan fingerprint density at radius 1 is 1.32 bits per heavy atom. The highest BCUT2D eigenvalue weighted by atomic mass is 32.2. The van der Waals surface area contributed by atoms with Crippen molar-refractivity contribution in [1.29, 1.82) is 0 Å². The Hall–Kier alpha value is -1.84. The van der Waals surface area contributed by atoms with Gasteiger partial charge < -0.3 is 19.9 Å². The van der Waals surface area contributed by atoms with E-state index < -0.39 is 10.0 Å². The standard InChI is InChI=1S/C16H21N5O3S/c22-25(23,12-7-17-8-12)20-10-5-11(6-10)21-3-4-24-14-9-19-16-13(15(14)21)1-2-18-16/h1-2,9-12,17,20H,3-8H2,(H,18,19)/t10-,11+. The first-order valence-corrected chi connectivity index (χ1v) is 10.2. The van der Waals surface area contributed by atoms with Gasteiger partial charge in [0.2, 0.25) is 10.0 Å². The molecule has 1 saturated carbocycles. The van der Waals surface area contributed by atoms with E-state index in [-0.39, 0.29) is 11.3 Å². The van der Waals surface area contributed by atoms with Gasteiger partial charge in [0.05, 0.1) is 18.4 Å². The molecule has 1 saturated heterocycles. The van der Waals surface area contributed by atoms with Crippen LogP contribution in [0.2, 0.25) is 0 Å². The van der Waals surface area contributed by atoms with Crippen LogP contribution in [0.3, 0.4) is 0 Å². The normalized spacial score (nSPS) is 26.6. The van der Waals surface area contributed by atoms with Crippen LogP contribution in [-0.4, -0.2) is 62.0 Å². The van der Waals surface area contributed by atoms with Gasteiger partial charge in [0, 0.05) is 36.8 Å². The van der Waals surface area contributed by atoms with Crippen molar-refractivity contribution in [3.8, 4) is 5.75 Å². The van der Waals surface area contributed by atoms with Crippen molar-refractivity contribution in [2.75, 3.05) is 31.1 Å². The third-order valence-corrected chi connectivity index (χ3v) is 7.34. The number of ether oxygens (including phenoxy) is 1. The molecule has 0 radical (unpaired) electrons. The lowest BCUT2D eigenvalue weighted by Crippen LogP contribution is -2.60. The van der Waals surface area contributed by atoms with Crippen LogP contribution in [0.5, 0.6) is 5.75 Å². The van der Waals surface area contributed by atoms with Crippen LogP contribution < -0.4 is 19.7 Å². The first-order valence-electron chi connectivity index (χ1n) is 8.69. The van der Waals surface area contributed by atoms with E-state index >= 15 is 0 Å². The highest BCUT2D eigenvalue weighted by molar-refractivity contribution is 7.90. The number of rotatable bonds is 4. The third kappa shape index (κ3) is 2.49. The number of anilines is 1. The monoisotopic (exact) mass is 363 g/mol. The fourth-order valence-electron chi connectivity index (χ4n) is 3.86. The Morgan fingerprint density at radius 2 is 2.16 bits per heavy atom. The van der Waals surface area contributed by atoms with Crippen LogP contribution in [0.1, 0.15) is 12.8 Å². The summed E-state index contributed by atoms with van der Waals surface area (Å²) in [4.78, 5) is 9.88. The van der Waals surface area contributed by atoms with E-state index in [9.17, 15) is 8.42 Å². The number of sulfonamides is 1. The number of pyridine rings is 1. The number of nitrogens with one attached hydrogen (secondary N) is 3. The van der Waals surface area contributed by atoms with Gasteiger partial charge in [-0.3, -0.25) is 0 Å². The average Bonchev–Trinajstić information content (AvgIpc) is 2.96. The quantitative estimate of drug-likeness (QED) is 0.717. The maximum Gasteiger partial charge on any atom is 0.217 e. The van der Waals surface area contributed by atoms with Crippen molar-refractivity contribution in [1.82, 2.24) is 20.0 Å². The number of H-pyrrole nitrogens is 1. The van der Waals surface area contributed by atoms with E-state index in [4.69, 9.17) is 4.74 Å². The third-order valence-electron chi connectivity index (χ3n) is 5.47. The molecular formula is C16H21N5O3S. The zero-order valence-electron chi connectivity index (χ0n) is 13.7. The minimum atomic E-state index is -3.19. The maximum atomic E-state index is 12.2. The summed E-state index contributed by atoms with van der Waals surface area (Å²) < 4.78 is 33.1. The van der Waals surface area contributed by atoms with Crippen molar-refractivity contribution < 1.29 is 13.2 Å². The van der Waals surface area contributed by atoms with Crippen molar-refractivity contribution in [3.05, 3.63) is 18.5 Å². The summed E-state index contributed by atoms with van der Waals surface area (Å²) in [5.74, 6) is 0.808. The maximum absolute atomic E-state index is 12.2. The molecule has 0 aromatic carbocycles. The number of aromatic amines is 1. The molecule has 2 aromatic rings. The second-order valence-electron chi connectivity index (χ2n) is 7.02. The Kier molecular flexibility index (Phi) is 3.44. The molecule has 3 N–H and O–H groups in total. The molecule has 0 unspecified atom stereocenters. The number of aromatic nitrogens is 2. The summed E-state index contributed by atoms with van der Waals surface area (Å²) in [5, 5.41) is 3.79. The van der Waals surface area contributed by atoms with Crippen LogP contribution in [-0.2, 0) is 10.0 Å². The second kappa shape index (κ2) is 5.58. The van der Waals surface area contributed by atoms with Gasteiger partial charge in [-0.25, -0.2) is 18.1 Å². The second-order valence-corrected chi connectivity index (χ2v) is 9.01. The first kappa shape index (κ1) is 15.4. The van der Waals surface area contributed by atoms with Gasteiger partial charge in [0.15, 0.2) is 5.75 Å². The van der Waals surface area contributed by atoms with Crippen molar-refractivity contribution in [3.63, 3.8) is 0 Å². The summed E-state index contributed by atoms with van der Waals surface area (Å²) >= 11 is 0. The molecule has 0 atom stereocenters. The summed E-state index contributed by atoms with van der Waals surface area (Å²) in [6.45, 7) is 2.56. The van der Waals surface area contributed by atoms with Gasteiger partial charge in [0.25, 0.3) is 0 Å². The van der Waals surface area contributed by atoms with E-state index in [1.165, 1.54) is 0 Å². The lowest BCUT2D eigenvalue weighted by atomic mass is 9.85. The lowest BCUT2D eigenvalue weighted by molar-refractivity contribution is 0.257. The van der Waals surface area contributed by atoms with E-state index in [2.05, 4.69) is 24.9 Å². The van der Waals surface area contributed by atoms with Crippen LogP contribution in [0.4, 0.5) is 5.69 Å². The molecule has 2 aromatic heterocycles. The topological polar surface area (TPSA) is 99.3 Å². The summed E-state index contributed by atoms with van der Waals surface area (Å²) in [6, 6.07) is 2.38. The van der Waals surface area contributed by atoms with Gasteiger partial charge in [-0.05, 0) is 18.9 Å². The van der Waals surface area contributed by atoms with Gasteiger partial charge in [-0.15, -0.1) is 0 Å². The van der Waals surface area contributed by atoms with E-state index in [1.54, 1.807) is 6.20 Å². The molecule has 0 amide bonds. The number of fused-ring (bicyclic) bond motifs is 3. The summed E-state index contributed by atoms with van der Waals surface area (Å²) in [5.41, 5.74) is 1.93. The Labute approximate surface area is 146 Å². The molecule has 134 valence electrons. The summed E-state index contributed by atoms with van der Waals surface area (Å²) in [7, 11) is -3.19. The molecule has 8 nitrogen and oxygen atoms in total. The molecule has 9 heteroatoms. The van der Waals surface area contributed by atoms with E-state index in [0.29, 0.717) is 25.7 Å². The zero-order valence-corrected chi connectivity index (χ0v) is 14.6. The average molecular weight is 363 g/mol. The highest BCUT2D eigenvalue weighted by Gasteiger charge is 2.41. The van der Waals surface area contributed by atoms with Gasteiger partial charge >= 0.3 is 0 Å². The minimum absolute atomic E-state index is 0.0328. The first-order chi connectivity index (χ1) is 12.1. The van der Waals surface area contributed by atoms with E-state index in [0.717, 1.165) is 41.9 Å². The fourth-order valence-corrected chi connectivity index (χ4v) is 5.38. The molecule has 2 aliphatic heterocycles. The molecule has 2 fully saturated rings. The van der Waals surface area contributed by atoms with Gasteiger partial charge in [-0.1, -0.05) is 0 Å². The smallest absolute Gasteiger partial charge is 0.217 e. The predicted molar refractivity (Wildman–Crippen MR) is 94.5 cm³/mol. The fraction of sp³-hybridized carbons (Fsp3) is 0.562. The van der Waals surface area contributed by atoms with E-state index in [1.807, 2.05) is 12.3 Å². The lowest BCUT2D eigenvalue weighted by Gasteiger charge is -2.46. The zero-order chi connectivity index (χ0) is 17.0.